The lowest BCUT2D eigenvalue weighted by molar-refractivity contribution is -0.172. The van der Waals surface area contributed by atoms with Crippen LogP contribution < -0.4 is 0 Å². The monoisotopic (exact) mass is 654 g/mol. The third-order valence-corrected chi connectivity index (χ3v) is 6.93. The normalized spacial score (nSPS) is 13.3. The molecule has 4 atom stereocenters. The molecule has 0 amide bonds. The van der Waals surface area contributed by atoms with Crippen LogP contribution in [0.25, 0.3) is 0 Å². The summed E-state index contributed by atoms with van der Waals surface area (Å²) >= 11 is 0. The van der Waals surface area contributed by atoms with Crippen LogP contribution in [0.5, 0.6) is 0 Å². The Kier molecular flexibility index (Phi) is 22.5. The quantitative estimate of drug-likeness (QED) is 0.0539. The Morgan fingerprint density at radius 2 is 0.783 bits per heavy atom. The van der Waals surface area contributed by atoms with Gasteiger partial charge in [0.2, 0.25) is 0 Å². The number of ether oxygens (including phenoxy) is 6. The maximum atomic E-state index is 13.2. The lowest BCUT2D eigenvalue weighted by atomic mass is 9.96. The van der Waals surface area contributed by atoms with Crippen LogP contribution in [0, 0.1) is 11.8 Å². The summed E-state index contributed by atoms with van der Waals surface area (Å²) in [5.74, 6) is -7.89. The van der Waals surface area contributed by atoms with Crippen molar-refractivity contribution in [2.45, 2.75) is 118 Å². The molecule has 46 heavy (non-hydrogen) atoms. The van der Waals surface area contributed by atoms with Crippen LogP contribution in [0.2, 0.25) is 0 Å². The number of rotatable bonds is 25. The molecule has 0 radical (unpaired) electrons. The van der Waals surface area contributed by atoms with E-state index in [0.29, 0.717) is 25.7 Å². The topological polar surface area (TPSA) is 158 Å². The van der Waals surface area contributed by atoms with E-state index in [0.717, 1.165) is 25.7 Å². The first-order valence-electron chi connectivity index (χ1n) is 16.3. The van der Waals surface area contributed by atoms with Gasteiger partial charge in [-0.3, -0.25) is 19.2 Å². The highest BCUT2D eigenvalue weighted by Gasteiger charge is 2.36. The van der Waals surface area contributed by atoms with E-state index >= 15 is 0 Å². The molecule has 0 bridgehead atoms. The Bertz CT molecular complexity index is 938. The maximum Gasteiger partial charge on any atom is 0.334 e. The summed E-state index contributed by atoms with van der Waals surface area (Å²) in [5, 5.41) is 0. The standard InChI is InChI=1S/C34H54O12/c1-9-13-17-41-29(35)21-27(23(5)31(37)43-19-15-11-3)33(39)45-25(7)26(8)46-34(40)28(22-30(36)42-18-14-10-2)24(6)32(38)44-20-16-12-4/h25-28H,5-6,9-22H2,1-4,7-8H3. The highest BCUT2D eigenvalue weighted by Crippen LogP contribution is 2.23. The minimum absolute atomic E-state index is 0.116. The first kappa shape index (κ1) is 42.3. The molecule has 0 N–H and O–H groups in total. The van der Waals surface area contributed by atoms with E-state index in [1.54, 1.807) is 0 Å². The zero-order valence-corrected chi connectivity index (χ0v) is 28.5. The van der Waals surface area contributed by atoms with Crippen molar-refractivity contribution in [3.8, 4) is 0 Å². The molecule has 0 rings (SSSR count). The Hall–Kier alpha value is -3.70. The third-order valence-electron chi connectivity index (χ3n) is 6.93. The van der Waals surface area contributed by atoms with Gasteiger partial charge < -0.3 is 28.4 Å². The molecule has 0 aromatic carbocycles. The Balaban J connectivity index is 5.72. The fourth-order valence-corrected chi connectivity index (χ4v) is 3.62. The molecule has 0 aromatic rings. The molecule has 12 heteroatoms. The van der Waals surface area contributed by atoms with Crippen LogP contribution in [0.4, 0.5) is 0 Å². The van der Waals surface area contributed by atoms with E-state index in [2.05, 4.69) is 13.2 Å². The second-order valence-electron chi connectivity index (χ2n) is 11.0. The molecular formula is C34H54O12. The third kappa shape index (κ3) is 17.1. The summed E-state index contributed by atoms with van der Waals surface area (Å²) in [6.07, 6.45) is 2.41. The Morgan fingerprint density at radius 1 is 0.500 bits per heavy atom. The summed E-state index contributed by atoms with van der Waals surface area (Å²) in [6, 6.07) is 0. The van der Waals surface area contributed by atoms with Gasteiger partial charge in [-0.1, -0.05) is 66.5 Å². The summed E-state index contributed by atoms with van der Waals surface area (Å²) in [5.41, 5.74) is -0.546. The molecule has 0 saturated carbocycles. The number of hydrogen-bond acceptors (Lipinski definition) is 12. The molecule has 0 aliphatic heterocycles. The number of carbonyl (C=O) groups excluding carboxylic acids is 6. The van der Waals surface area contributed by atoms with Crippen LogP contribution >= 0.6 is 0 Å². The second kappa shape index (κ2) is 24.5. The van der Waals surface area contributed by atoms with E-state index in [1.165, 1.54) is 13.8 Å². The highest BCUT2D eigenvalue weighted by atomic mass is 16.6. The molecular weight excluding hydrogens is 600 g/mol. The summed E-state index contributed by atoms with van der Waals surface area (Å²) in [6.45, 7) is 18.5. The zero-order chi connectivity index (χ0) is 35.1. The van der Waals surface area contributed by atoms with Crippen molar-refractivity contribution in [3.63, 3.8) is 0 Å². The van der Waals surface area contributed by atoms with Gasteiger partial charge in [0, 0.05) is 11.1 Å². The smallest absolute Gasteiger partial charge is 0.334 e. The van der Waals surface area contributed by atoms with Crippen LogP contribution in [0.15, 0.2) is 24.3 Å². The molecule has 4 unspecified atom stereocenters. The minimum atomic E-state index is -1.41. The summed E-state index contributed by atoms with van der Waals surface area (Å²) in [4.78, 5) is 76.6. The first-order chi connectivity index (χ1) is 21.8. The molecule has 0 aliphatic rings. The van der Waals surface area contributed by atoms with E-state index in [9.17, 15) is 28.8 Å². The largest absolute Gasteiger partial charge is 0.466 e. The molecule has 0 fully saturated rings. The van der Waals surface area contributed by atoms with Gasteiger partial charge in [-0.05, 0) is 39.5 Å². The average molecular weight is 655 g/mol. The molecule has 12 nitrogen and oxygen atoms in total. The van der Waals surface area contributed by atoms with Crippen molar-refractivity contribution in [2.75, 3.05) is 26.4 Å². The minimum Gasteiger partial charge on any atom is -0.466 e. The van der Waals surface area contributed by atoms with E-state index in [4.69, 9.17) is 28.4 Å². The van der Waals surface area contributed by atoms with Crippen molar-refractivity contribution >= 4 is 35.8 Å². The van der Waals surface area contributed by atoms with Crippen molar-refractivity contribution in [3.05, 3.63) is 24.3 Å². The number of unbranched alkanes of at least 4 members (excludes halogenated alkanes) is 4. The van der Waals surface area contributed by atoms with Crippen LogP contribution in [-0.2, 0) is 57.2 Å². The van der Waals surface area contributed by atoms with Gasteiger partial charge in [0.15, 0.2) is 0 Å². The highest BCUT2D eigenvalue weighted by molar-refractivity contribution is 5.97. The molecule has 0 saturated heterocycles. The van der Waals surface area contributed by atoms with Crippen molar-refractivity contribution < 1.29 is 57.2 Å². The maximum absolute atomic E-state index is 13.2. The van der Waals surface area contributed by atoms with Crippen LogP contribution in [0.3, 0.4) is 0 Å². The van der Waals surface area contributed by atoms with Crippen LogP contribution in [0.1, 0.15) is 106 Å². The fourth-order valence-electron chi connectivity index (χ4n) is 3.62. The van der Waals surface area contributed by atoms with Crippen molar-refractivity contribution in [2.24, 2.45) is 11.8 Å². The van der Waals surface area contributed by atoms with Gasteiger partial charge in [-0.15, -0.1) is 0 Å². The van der Waals surface area contributed by atoms with Gasteiger partial charge in [-0.2, -0.15) is 0 Å². The van der Waals surface area contributed by atoms with Crippen molar-refractivity contribution in [1.29, 1.82) is 0 Å². The molecule has 0 heterocycles. The Morgan fingerprint density at radius 3 is 1.07 bits per heavy atom. The van der Waals surface area contributed by atoms with E-state index in [-0.39, 0.29) is 37.6 Å². The average Bonchev–Trinajstić information content (AvgIpc) is 3.01. The molecule has 262 valence electrons. The van der Waals surface area contributed by atoms with Crippen molar-refractivity contribution in [1.82, 2.24) is 0 Å². The lowest BCUT2D eigenvalue weighted by Crippen LogP contribution is -2.37. The zero-order valence-electron chi connectivity index (χ0n) is 28.5. The number of carbonyl (C=O) groups is 6. The molecule has 0 aliphatic carbocycles. The summed E-state index contributed by atoms with van der Waals surface area (Å²) in [7, 11) is 0. The first-order valence-corrected chi connectivity index (χ1v) is 16.3. The SMILES string of the molecule is C=C(C(=O)OCCCC)C(CC(=O)OCCCC)C(=O)OC(C)C(C)OC(=O)C(CC(=O)OCCCC)C(=C)C(=O)OCCCC. The van der Waals surface area contributed by atoms with Gasteiger partial charge in [0.05, 0.1) is 51.1 Å². The van der Waals surface area contributed by atoms with Gasteiger partial charge in [0.25, 0.3) is 0 Å². The predicted molar refractivity (Wildman–Crippen MR) is 169 cm³/mol. The van der Waals surface area contributed by atoms with Crippen LogP contribution in [-0.4, -0.2) is 74.5 Å². The lowest BCUT2D eigenvalue weighted by Gasteiger charge is -2.25. The fraction of sp³-hybridized carbons (Fsp3) is 0.706. The second-order valence-corrected chi connectivity index (χ2v) is 11.0. The van der Waals surface area contributed by atoms with Gasteiger partial charge >= 0.3 is 35.8 Å². The summed E-state index contributed by atoms with van der Waals surface area (Å²) < 4.78 is 31.7. The molecule has 0 aromatic heterocycles. The molecule has 0 spiro atoms. The number of hydrogen-bond donors (Lipinski definition) is 0. The van der Waals surface area contributed by atoms with E-state index < -0.39 is 72.7 Å². The van der Waals surface area contributed by atoms with E-state index in [1.807, 2.05) is 27.7 Å². The predicted octanol–water partition coefficient (Wildman–Crippen LogP) is 5.35. The Labute approximate surface area is 273 Å². The van der Waals surface area contributed by atoms with Gasteiger partial charge in [0.1, 0.15) is 12.2 Å². The van der Waals surface area contributed by atoms with Gasteiger partial charge in [-0.25, -0.2) is 9.59 Å². The number of esters is 6.